The van der Waals surface area contributed by atoms with Gasteiger partial charge >= 0.3 is 127 Å². The summed E-state index contributed by atoms with van der Waals surface area (Å²) in [6.45, 7) is 4.37. The molecule has 21 heavy (non-hydrogen) atoms. The molecule has 4 nitrogen and oxygen atoms in total. The van der Waals surface area contributed by atoms with Crippen molar-refractivity contribution in [3.05, 3.63) is 35.1 Å². The number of aryl methyl sites for hydroxylation is 1. The zero-order valence-corrected chi connectivity index (χ0v) is 12.6. The van der Waals surface area contributed by atoms with E-state index in [1.807, 2.05) is 0 Å². The molecule has 0 radical (unpaired) electrons. The molecule has 2 rings (SSSR count). The average molecular weight is 287 g/mol. The second-order valence-corrected chi connectivity index (χ2v) is 5.72. The van der Waals surface area contributed by atoms with Crippen molar-refractivity contribution < 1.29 is 19.5 Å². The number of piperidine rings is 1. The fourth-order valence-electron chi connectivity index (χ4n) is 2.80. The predicted molar refractivity (Wildman–Crippen MR) is 78.4 cm³/mol. The van der Waals surface area contributed by atoms with E-state index < -0.39 is 10.4 Å². The van der Waals surface area contributed by atoms with E-state index in [-0.39, 0.29) is 17.3 Å². The van der Waals surface area contributed by atoms with E-state index in [0.29, 0.717) is 18.0 Å². The molecule has 1 heterocycles. The first kappa shape index (κ1) is 17.9. The number of carbonyl (C=O) groups is 2. The average Bonchev–Trinajstić information content (AvgIpc) is 2.41. The summed E-state index contributed by atoms with van der Waals surface area (Å²) in [5, 5.41) is 0. The zero-order chi connectivity index (χ0) is 14.9. The molecule has 2 unspecified atom stereocenters. The zero-order valence-electron chi connectivity index (χ0n) is 12.6. The second kappa shape index (κ2) is 7.21. The third-order valence-electron chi connectivity index (χ3n) is 3.95. The molecular weight excluding hydrogens is 268 g/mol. The standard InChI is InChI=1S/C15H17FNO2.Li.H2O/c1-10-3-6-14(17(8-10)15(19)9-18)12-4-5-13(16)11(2)7-12;;/h4-5,7,10,14H,3,6,8H2,1-2H3;;1H2. The molecule has 1 aromatic rings. The first-order valence-electron chi connectivity index (χ1n) is 6.97. The van der Waals surface area contributed by atoms with Gasteiger partial charge in [-0.1, -0.05) is 0 Å². The monoisotopic (exact) mass is 287 g/mol. The summed E-state index contributed by atoms with van der Waals surface area (Å²) in [6.07, 6.45) is 1.81. The fourth-order valence-corrected chi connectivity index (χ4v) is 2.80. The normalized spacial score (nSPS) is 21.7. The number of rotatable bonds is 2. The Morgan fingerprint density at radius 1 is 1.33 bits per heavy atom. The molecule has 0 aliphatic carbocycles. The quantitative estimate of drug-likeness (QED) is 0.608. The van der Waals surface area contributed by atoms with E-state index in [0.717, 1.165) is 18.4 Å². The third-order valence-corrected chi connectivity index (χ3v) is 3.95. The van der Waals surface area contributed by atoms with Crippen LogP contribution in [0.25, 0.3) is 0 Å². The van der Waals surface area contributed by atoms with Crippen LogP contribution in [0.2, 0.25) is 0 Å². The van der Waals surface area contributed by atoms with Crippen LogP contribution in [0.1, 0.15) is 36.9 Å². The van der Waals surface area contributed by atoms with Crippen LogP contribution in [0.3, 0.4) is 0 Å². The third kappa shape index (κ3) is 3.94. The van der Waals surface area contributed by atoms with Crippen molar-refractivity contribution in [3.8, 4) is 0 Å². The molecule has 6 heteroatoms. The topological polar surface area (TPSA) is 68.9 Å². The van der Waals surface area contributed by atoms with Gasteiger partial charge in [-0.15, -0.1) is 0 Å². The molecule has 0 aromatic heterocycles. The molecule has 1 amide bonds. The van der Waals surface area contributed by atoms with Gasteiger partial charge in [-0.25, -0.2) is 0 Å². The Morgan fingerprint density at radius 3 is 2.57 bits per heavy atom. The van der Waals surface area contributed by atoms with Crippen LogP contribution < -0.4 is 0 Å². The Morgan fingerprint density at radius 2 is 2.00 bits per heavy atom. The molecule has 1 aliphatic rings. The van der Waals surface area contributed by atoms with E-state index in [4.69, 9.17) is 0 Å². The van der Waals surface area contributed by atoms with E-state index in [1.54, 1.807) is 24.0 Å². The van der Waals surface area contributed by atoms with Gasteiger partial charge in [-0.2, -0.15) is 0 Å². The molecule has 1 saturated heterocycles. The van der Waals surface area contributed by atoms with Crippen LogP contribution in [-0.2, 0) is 9.59 Å². The van der Waals surface area contributed by atoms with Gasteiger partial charge in [-0.3, -0.25) is 0 Å². The van der Waals surface area contributed by atoms with Crippen LogP contribution in [0.15, 0.2) is 18.2 Å². The van der Waals surface area contributed by atoms with Gasteiger partial charge in [0.05, 0.1) is 0 Å². The van der Waals surface area contributed by atoms with Crippen LogP contribution in [0.5, 0.6) is 0 Å². The van der Waals surface area contributed by atoms with E-state index in [9.17, 15) is 14.0 Å². The van der Waals surface area contributed by atoms with Crippen LogP contribution >= 0.6 is 0 Å². The summed E-state index contributed by atoms with van der Waals surface area (Å²) < 4.78 is 12.9. The summed E-state index contributed by atoms with van der Waals surface area (Å²) >= 11 is 1.30. The van der Waals surface area contributed by atoms with E-state index in [1.165, 1.54) is 23.8 Å². The van der Waals surface area contributed by atoms with Crippen molar-refractivity contribution in [1.82, 2.24) is 4.90 Å². The van der Waals surface area contributed by atoms with Gasteiger partial charge in [0, 0.05) is 0 Å². The molecule has 1 aliphatic heterocycles. The molecule has 2 N–H and O–H groups in total. The minimum atomic E-state index is -0.442. The predicted octanol–water partition coefficient (Wildman–Crippen LogP) is 1.30. The first-order valence-corrected chi connectivity index (χ1v) is 6.97. The molecule has 1 fully saturated rings. The van der Waals surface area contributed by atoms with Gasteiger partial charge in [0.1, 0.15) is 0 Å². The second-order valence-electron chi connectivity index (χ2n) is 5.72. The Bertz CT molecular complexity index is 550. The van der Waals surface area contributed by atoms with Crippen LogP contribution in [0.4, 0.5) is 4.39 Å². The van der Waals surface area contributed by atoms with Crippen molar-refractivity contribution in [2.75, 3.05) is 6.54 Å². The first-order chi connectivity index (χ1) is 9.40. The number of benzene rings is 1. The minimum absolute atomic E-state index is 0. The molecule has 2 atom stereocenters. The molecule has 0 spiro atoms. The summed E-state index contributed by atoms with van der Waals surface area (Å²) in [5.74, 6) is -0.304. The van der Waals surface area contributed by atoms with E-state index in [2.05, 4.69) is 6.92 Å². The van der Waals surface area contributed by atoms with Crippen molar-refractivity contribution in [2.45, 2.75) is 32.7 Å². The Hall–Kier alpha value is -1.15. The van der Waals surface area contributed by atoms with Gasteiger partial charge < -0.3 is 5.48 Å². The summed E-state index contributed by atoms with van der Waals surface area (Å²) in [4.78, 5) is 25.1. The van der Waals surface area contributed by atoms with Gasteiger partial charge in [0.25, 0.3) is 0 Å². The molecular formula is C15H19FLiNO3. The number of hydrogen-bond donors (Lipinski definition) is 0. The van der Waals surface area contributed by atoms with E-state index >= 15 is 0 Å². The Labute approximate surface area is 133 Å². The molecule has 110 valence electrons. The summed E-state index contributed by atoms with van der Waals surface area (Å²) in [7, 11) is 0. The van der Waals surface area contributed by atoms with Crippen LogP contribution in [0, 0.1) is 18.7 Å². The van der Waals surface area contributed by atoms with Crippen LogP contribution in [-0.4, -0.2) is 45.0 Å². The Balaban J connectivity index is 0.00000220. The number of nitrogens with zero attached hydrogens (tertiary/aromatic N) is 1. The van der Waals surface area contributed by atoms with Crippen molar-refractivity contribution in [2.24, 2.45) is 5.92 Å². The molecule has 1 aromatic carbocycles. The SMILES string of the molecule is O.[Li][C](=O)C(=O)N1CC(C)CCC1c1ccc(F)c(C)c1. The summed E-state index contributed by atoms with van der Waals surface area (Å²) in [5.41, 5.74) is 1.47. The summed E-state index contributed by atoms with van der Waals surface area (Å²) in [6, 6.07) is 4.79. The Kier molecular flexibility index (Phi) is 6.15. The van der Waals surface area contributed by atoms with Gasteiger partial charge in [0.2, 0.25) is 0 Å². The maximum atomic E-state index is 13.4. The van der Waals surface area contributed by atoms with Crippen molar-refractivity contribution in [1.29, 1.82) is 0 Å². The number of amides is 1. The number of carbonyl (C=O) groups excluding carboxylic acids is 2. The number of halogens is 1. The van der Waals surface area contributed by atoms with Gasteiger partial charge in [0.15, 0.2) is 0 Å². The number of hydrogen-bond acceptors (Lipinski definition) is 2. The van der Waals surface area contributed by atoms with Crippen molar-refractivity contribution >= 4 is 28.1 Å². The number of likely N-dealkylation sites (tertiary alicyclic amines) is 1. The van der Waals surface area contributed by atoms with Gasteiger partial charge in [-0.05, 0) is 0 Å². The molecule has 0 bridgehead atoms. The van der Waals surface area contributed by atoms with Crippen molar-refractivity contribution in [3.63, 3.8) is 0 Å². The maximum absolute atomic E-state index is 13.4. The fraction of sp³-hybridized carbons (Fsp3) is 0.467. The molecule has 0 saturated carbocycles.